The number of ether oxygens (including phenoxy) is 1. The number of aliphatic hydroxyl groups is 2. The Morgan fingerprint density at radius 3 is 1.10 bits per heavy atom. The molecule has 1 amide bonds. The first-order valence-electron chi connectivity index (χ1n) is 32.6. The molecule has 0 fully saturated rings. The molecule has 0 aromatic carbocycles. The highest BCUT2D eigenvalue weighted by Gasteiger charge is 2.20. The van der Waals surface area contributed by atoms with Crippen molar-refractivity contribution in [2.45, 2.75) is 373 Å². The van der Waals surface area contributed by atoms with Gasteiger partial charge in [0.25, 0.3) is 0 Å². The molecule has 0 rings (SSSR count). The quantitative estimate of drug-likeness (QED) is 0.0320. The molecule has 0 saturated heterocycles. The van der Waals surface area contributed by atoms with Crippen molar-refractivity contribution >= 4 is 11.9 Å². The van der Waals surface area contributed by atoms with Gasteiger partial charge in [0.1, 0.15) is 0 Å². The number of carbonyl (C=O) groups excluding carboxylic acids is 2. The number of aliphatic hydroxyl groups excluding tert-OH is 2. The second-order valence-electron chi connectivity index (χ2n) is 22.5. The molecule has 0 aromatic heterocycles. The molecule has 426 valence electrons. The Labute approximate surface area is 450 Å². The van der Waals surface area contributed by atoms with E-state index in [4.69, 9.17) is 4.74 Å². The smallest absolute Gasteiger partial charge is 0.305 e. The van der Waals surface area contributed by atoms with Crippen molar-refractivity contribution in [1.29, 1.82) is 0 Å². The minimum atomic E-state index is -0.668. The molecule has 0 spiro atoms. The lowest BCUT2D eigenvalue weighted by Gasteiger charge is -2.22. The number of allylic oxidation sites excluding steroid dienone is 4. The Kier molecular flexibility index (Phi) is 60.5. The fourth-order valence-corrected chi connectivity index (χ4v) is 10.2. The maximum atomic E-state index is 12.5. The molecular weight excluding hydrogens is 887 g/mol. The number of rotatable bonds is 61. The highest BCUT2D eigenvalue weighted by atomic mass is 16.5. The second-order valence-corrected chi connectivity index (χ2v) is 22.5. The van der Waals surface area contributed by atoms with Crippen molar-refractivity contribution in [2.75, 3.05) is 13.2 Å². The predicted molar refractivity (Wildman–Crippen MR) is 315 cm³/mol. The Balaban J connectivity index is 3.40. The van der Waals surface area contributed by atoms with Crippen LogP contribution < -0.4 is 5.32 Å². The first-order chi connectivity index (χ1) is 35.5. The lowest BCUT2D eigenvalue weighted by molar-refractivity contribution is -0.143. The van der Waals surface area contributed by atoms with Crippen LogP contribution in [0.3, 0.4) is 0 Å². The summed E-state index contributed by atoms with van der Waals surface area (Å²) in [7, 11) is 0. The van der Waals surface area contributed by atoms with Gasteiger partial charge in [-0.15, -0.1) is 0 Å². The number of unbranched alkanes of at least 4 members (excludes halogenated alkanes) is 46. The zero-order valence-electron chi connectivity index (χ0n) is 48.7. The summed E-state index contributed by atoms with van der Waals surface area (Å²) in [5, 5.41) is 23.4. The summed E-state index contributed by atoms with van der Waals surface area (Å²) in [5.41, 5.74) is 0. The molecular formula is C66H127NO5. The van der Waals surface area contributed by atoms with Crippen molar-refractivity contribution in [1.82, 2.24) is 5.32 Å². The van der Waals surface area contributed by atoms with Gasteiger partial charge in [0.2, 0.25) is 5.91 Å². The third-order valence-electron chi connectivity index (χ3n) is 15.3. The van der Waals surface area contributed by atoms with Crippen molar-refractivity contribution in [3.05, 3.63) is 24.3 Å². The van der Waals surface area contributed by atoms with Crippen LogP contribution >= 0.6 is 0 Å². The van der Waals surface area contributed by atoms with Crippen LogP contribution in [0.4, 0.5) is 0 Å². The lowest BCUT2D eigenvalue weighted by atomic mass is 10.0. The minimum Gasteiger partial charge on any atom is -0.466 e. The minimum absolute atomic E-state index is 0.00475. The molecule has 0 saturated carbocycles. The highest BCUT2D eigenvalue weighted by molar-refractivity contribution is 5.76. The SMILES string of the molecule is CCCC/C=C\C/C=C\CCCCCCCC(=O)OCCCCCCCCCCCCCCCCCCCCCC(=O)NC(CO)C(O)CCCCCCCCCCCCCCCCCCCCCCCC. The maximum Gasteiger partial charge on any atom is 0.305 e. The molecule has 0 radical (unpaired) electrons. The third kappa shape index (κ3) is 57.6. The molecule has 2 unspecified atom stereocenters. The van der Waals surface area contributed by atoms with E-state index in [1.165, 1.54) is 276 Å². The molecule has 0 aliphatic rings. The van der Waals surface area contributed by atoms with E-state index in [1.807, 2.05) is 0 Å². The third-order valence-corrected chi connectivity index (χ3v) is 15.3. The zero-order chi connectivity index (χ0) is 52.2. The van der Waals surface area contributed by atoms with Gasteiger partial charge in [0.15, 0.2) is 0 Å². The zero-order valence-corrected chi connectivity index (χ0v) is 48.7. The van der Waals surface area contributed by atoms with Gasteiger partial charge < -0.3 is 20.3 Å². The number of hydrogen-bond acceptors (Lipinski definition) is 5. The van der Waals surface area contributed by atoms with Crippen LogP contribution in [-0.4, -0.2) is 47.4 Å². The summed E-state index contributed by atoms with van der Waals surface area (Å²) >= 11 is 0. The van der Waals surface area contributed by atoms with E-state index < -0.39 is 12.1 Å². The van der Waals surface area contributed by atoms with E-state index in [1.54, 1.807) is 0 Å². The summed E-state index contributed by atoms with van der Waals surface area (Å²) in [6.07, 6.45) is 76.2. The van der Waals surface area contributed by atoms with Crippen molar-refractivity contribution in [2.24, 2.45) is 0 Å². The number of nitrogens with one attached hydrogen (secondary N) is 1. The normalized spacial score (nSPS) is 12.7. The first kappa shape index (κ1) is 70.3. The van der Waals surface area contributed by atoms with Crippen molar-refractivity contribution in [3.8, 4) is 0 Å². The molecule has 2 atom stereocenters. The van der Waals surface area contributed by atoms with Gasteiger partial charge in [0.05, 0.1) is 25.4 Å². The van der Waals surface area contributed by atoms with E-state index in [0.29, 0.717) is 25.9 Å². The Morgan fingerprint density at radius 2 is 0.708 bits per heavy atom. The largest absolute Gasteiger partial charge is 0.466 e. The highest BCUT2D eigenvalue weighted by Crippen LogP contribution is 2.18. The summed E-state index contributed by atoms with van der Waals surface area (Å²) in [6.45, 7) is 4.93. The van der Waals surface area contributed by atoms with Crippen LogP contribution in [0.5, 0.6) is 0 Å². The van der Waals surface area contributed by atoms with Gasteiger partial charge >= 0.3 is 5.97 Å². The Morgan fingerprint density at radius 1 is 0.389 bits per heavy atom. The van der Waals surface area contributed by atoms with E-state index in [0.717, 1.165) is 51.4 Å². The van der Waals surface area contributed by atoms with E-state index in [9.17, 15) is 19.8 Å². The van der Waals surface area contributed by atoms with Crippen LogP contribution in [0.15, 0.2) is 24.3 Å². The molecule has 0 aliphatic heterocycles. The summed E-state index contributed by atoms with van der Waals surface area (Å²) in [6, 6.07) is -0.545. The Hall–Kier alpha value is -1.66. The molecule has 0 bridgehead atoms. The summed E-state index contributed by atoms with van der Waals surface area (Å²) in [4.78, 5) is 24.6. The van der Waals surface area contributed by atoms with Crippen LogP contribution in [-0.2, 0) is 14.3 Å². The van der Waals surface area contributed by atoms with Gasteiger partial charge in [-0.25, -0.2) is 0 Å². The van der Waals surface area contributed by atoms with Crippen LogP contribution in [0.1, 0.15) is 361 Å². The van der Waals surface area contributed by atoms with Gasteiger partial charge in [-0.3, -0.25) is 9.59 Å². The van der Waals surface area contributed by atoms with Gasteiger partial charge in [-0.2, -0.15) is 0 Å². The maximum absolute atomic E-state index is 12.5. The van der Waals surface area contributed by atoms with Crippen molar-refractivity contribution < 1.29 is 24.5 Å². The second kappa shape index (κ2) is 61.9. The number of esters is 1. The van der Waals surface area contributed by atoms with Gasteiger partial charge in [-0.05, 0) is 51.4 Å². The lowest BCUT2D eigenvalue weighted by Crippen LogP contribution is -2.45. The molecule has 0 aromatic rings. The number of amides is 1. The molecule has 0 aliphatic carbocycles. The van der Waals surface area contributed by atoms with Gasteiger partial charge in [-0.1, -0.05) is 321 Å². The molecule has 6 heteroatoms. The molecule has 72 heavy (non-hydrogen) atoms. The number of carbonyl (C=O) groups is 2. The first-order valence-corrected chi connectivity index (χ1v) is 32.6. The summed E-state index contributed by atoms with van der Waals surface area (Å²) in [5.74, 6) is -0.0390. The number of hydrogen-bond donors (Lipinski definition) is 3. The van der Waals surface area contributed by atoms with E-state index in [-0.39, 0.29) is 18.5 Å². The van der Waals surface area contributed by atoms with E-state index >= 15 is 0 Å². The topological polar surface area (TPSA) is 95.9 Å². The Bertz CT molecular complexity index is 1120. The fraction of sp³-hybridized carbons (Fsp3) is 0.909. The summed E-state index contributed by atoms with van der Waals surface area (Å²) < 4.78 is 5.47. The average Bonchev–Trinajstić information content (AvgIpc) is 3.38. The van der Waals surface area contributed by atoms with Gasteiger partial charge in [0, 0.05) is 12.8 Å². The van der Waals surface area contributed by atoms with Crippen LogP contribution in [0.25, 0.3) is 0 Å². The molecule has 6 nitrogen and oxygen atoms in total. The van der Waals surface area contributed by atoms with Crippen molar-refractivity contribution in [3.63, 3.8) is 0 Å². The molecule has 0 heterocycles. The molecule has 3 N–H and O–H groups in total. The van der Waals surface area contributed by atoms with Crippen LogP contribution in [0, 0.1) is 0 Å². The fourth-order valence-electron chi connectivity index (χ4n) is 10.2. The van der Waals surface area contributed by atoms with Crippen LogP contribution in [0.2, 0.25) is 0 Å². The monoisotopic (exact) mass is 1010 g/mol. The standard InChI is InChI=1S/C66H127NO5/c1-3-5-7-9-11-13-15-17-19-20-21-22-23-25-28-31-34-38-42-46-50-54-58-64(69)63(62-68)67-65(70)59-55-51-47-43-39-35-32-29-26-24-27-30-33-37-41-45-49-53-57-61-72-66(71)60-56-52-48-44-40-36-18-16-14-12-10-8-6-4-2/h10,12,16,18,63-64,68-69H,3-9,11,13-15,17,19-62H2,1-2H3,(H,67,70)/b12-10-,18-16-. The average molecular weight is 1010 g/mol. The predicted octanol–water partition coefficient (Wildman–Crippen LogP) is 20.6. The van der Waals surface area contributed by atoms with E-state index in [2.05, 4.69) is 43.5 Å².